The van der Waals surface area contributed by atoms with Gasteiger partial charge in [0, 0.05) is 95.4 Å². The Morgan fingerprint density at radius 2 is 1.11 bits per heavy atom. The van der Waals surface area contributed by atoms with Crippen molar-refractivity contribution in [1.82, 2.24) is 14.5 Å². The molecule has 0 aliphatic heterocycles. The number of benzene rings is 8. The van der Waals surface area contributed by atoms with Crippen molar-refractivity contribution in [2.45, 2.75) is 74.9 Å². The Kier molecular flexibility index (Phi) is 40.0. The Morgan fingerprint density at radius 3 is 1.66 bits per heavy atom. The minimum atomic E-state index is -3.76. The zero-order valence-electron chi connectivity index (χ0n) is 65.1. The smallest absolute Gasteiger partial charge is 0.336 e. The molecule has 8 aromatic carbocycles. The number of nitrogens with two attached hydrogens (primary N) is 1. The second kappa shape index (κ2) is 51.1. The number of hydrogen-bond donors (Lipinski definition) is 10. The zero-order valence-corrected chi connectivity index (χ0v) is 65.9. The van der Waals surface area contributed by atoms with Crippen LogP contribution in [0.2, 0.25) is 0 Å². The van der Waals surface area contributed by atoms with E-state index >= 15 is 0 Å². The van der Waals surface area contributed by atoms with Gasteiger partial charge in [0.1, 0.15) is 71.2 Å². The second-order valence-electron chi connectivity index (χ2n) is 25.8. The lowest BCUT2D eigenvalue weighted by Crippen LogP contribution is -2.25. The molecule has 2 saturated carbocycles. The van der Waals surface area contributed by atoms with Gasteiger partial charge in [-0.1, -0.05) is 104 Å². The Morgan fingerprint density at radius 1 is 0.541 bits per heavy atom. The molecule has 2 fully saturated rings. The number of carboxylic acid groups (broad SMARTS) is 1. The maximum absolute atomic E-state index is 12.3. The van der Waals surface area contributed by atoms with Crippen molar-refractivity contribution in [2.75, 3.05) is 17.1 Å². The second-order valence-corrected chi connectivity index (χ2v) is 27.5. The number of sulfonamides is 1. The maximum Gasteiger partial charge on any atom is 0.336 e. The van der Waals surface area contributed by atoms with Crippen LogP contribution in [0, 0.1) is 11.8 Å². The zero-order chi connectivity index (χ0) is 88.8. The molecule has 0 saturated heterocycles. The average molecular weight is 1680 g/mol. The average Bonchev–Trinajstić information content (AvgIpc) is 1.01. The fraction of sp³-hybridized carbons (Fsp3) is 0.156. The number of aromatic hydroxyl groups is 3. The fourth-order valence-electron chi connectivity index (χ4n) is 11.1. The molecule has 2 aliphatic carbocycles. The van der Waals surface area contributed by atoms with Crippen LogP contribution in [0.3, 0.4) is 0 Å². The summed E-state index contributed by atoms with van der Waals surface area (Å²) < 4.78 is 39.1. The van der Waals surface area contributed by atoms with E-state index in [1.165, 1.54) is 73.1 Å². The number of phenols is 3. The Hall–Kier alpha value is -15.3. The number of carbonyl (C=O) groups excluding carboxylic acids is 10. The number of hydrogen-bond acceptors (Lipinski definition) is 27. The number of carbonyl (C=O) groups is 11. The first-order chi connectivity index (χ1) is 59.0. The first-order valence-electron chi connectivity index (χ1n) is 37.2. The van der Waals surface area contributed by atoms with Crippen molar-refractivity contribution in [1.29, 1.82) is 0 Å². The molecule has 0 amide bonds. The number of carboxylic acids is 1. The maximum atomic E-state index is 12.3. The number of pyridine rings is 1. The number of H-pyrrole nitrogens is 1. The van der Waals surface area contributed by atoms with Crippen LogP contribution in [0.5, 0.6) is 17.2 Å². The first-order valence-corrected chi connectivity index (χ1v) is 38.6. The number of para-hydroxylation sites is 4. The molecule has 15 rings (SSSR count). The van der Waals surface area contributed by atoms with Gasteiger partial charge in [0.25, 0.3) is 10.0 Å². The Labute approximate surface area is 696 Å². The van der Waals surface area contributed by atoms with Gasteiger partial charge in [-0.3, -0.25) is 43.1 Å². The molecular weight excluding hydrogens is 1600 g/mol. The van der Waals surface area contributed by atoms with Gasteiger partial charge in [0.15, 0.2) is 37.7 Å². The highest BCUT2D eigenvalue weighted by Gasteiger charge is 2.24. The number of aromatic nitrogens is 3. The van der Waals surface area contributed by atoms with Crippen LogP contribution >= 0.6 is 0 Å². The number of phenolic OH excluding ortho intramolecular Hbond substituents is 3. The van der Waals surface area contributed by atoms with Crippen molar-refractivity contribution in [2.24, 2.45) is 22.1 Å². The third kappa shape index (κ3) is 29.7. The molecule has 122 heavy (non-hydrogen) atoms. The number of aromatic carboxylic acids is 1. The molecule has 630 valence electrons. The summed E-state index contributed by atoms with van der Waals surface area (Å²) in [5.41, 5.74) is 10.3. The third-order valence-corrected chi connectivity index (χ3v) is 19.0. The van der Waals surface area contributed by atoms with Crippen LogP contribution in [0.25, 0.3) is 38.5 Å². The third-order valence-electron chi connectivity index (χ3n) is 17.6. The quantitative estimate of drug-likeness (QED) is 0.0265. The van der Waals surface area contributed by atoms with Crippen LogP contribution < -0.4 is 21.3 Å². The molecule has 0 spiro atoms. The molecule has 5 aromatic heterocycles. The first kappa shape index (κ1) is 95.6. The minimum Gasteiger partial charge on any atom is -0.508 e. The number of aliphatic hydroxyl groups is 3. The summed E-state index contributed by atoms with van der Waals surface area (Å²) in [6.45, 7) is -0.0243. The molecular formula is C90H85N7O24S. The fourth-order valence-corrected chi connectivity index (χ4v) is 12.1. The molecule has 13 aromatic rings. The monoisotopic (exact) mass is 1680 g/mol. The van der Waals surface area contributed by atoms with Crippen molar-refractivity contribution >= 4 is 135 Å². The normalized spacial score (nSPS) is 13.9. The minimum absolute atomic E-state index is 0.0101. The van der Waals surface area contributed by atoms with Crippen LogP contribution in [0.1, 0.15) is 129 Å². The van der Waals surface area contributed by atoms with Crippen molar-refractivity contribution in [3.8, 4) is 22.9 Å². The standard InChI is InChI=1S/C18H14N4O4S.C11H9NO2.C10H7NO3.C10H6O3.C9H7NO.C8H6O3.C8H8O2.C7H12O2.C6H10O2.C3H6O2/c23-12-13-4-5-15(11-17(13)24)21-20-14-6-8-16(9-7-14)27(25,26)22-18-3-1-2-10-19-18;13-8-9-7-10(3-4-11(9)14)12-5-1-2-6-12;11-10-7(5-12)9(13)6-3-1-2-4-8(6)14-10;11-5-7-6-13-9-4-2-1-3-8(9)10(7)12;11-6-7-5-10-9-4-2-1-3-8(7)9;9-5-6-3-1-2-4-7(6)8(10)11;9-6-5-7-3-1-2-4-8(7)10;8-5-6-3-1-2-4-7(6)9;7-4-5-2-1-3-6(5)8;4-2-1-3-5/h1-12,24H,(H,19,22);1-8,14H;1-5H,11H2;1-6H;1-6,10H;1-5H,(H,10,11);1-4,6,10H,5H2;5-7,9H,1-4H2;4-6,8H,1-3H2;2,5H,1,3H2. The van der Waals surface area contributed by atoms with E-state index in [-0.39, 0.29) is 116 Å². The molecule has 31 nitrogen and oxygen atoms in total. The lowest BCUT2D eigenvalue weighted by Gasteiger charge is -2.22. The number of nitrogen functional groups attached to an aromatic ring is 1. The van der Waals surface area contributed by atoms with Gasteiger partial charge in [0.05, 0.1) is 61.5 Å². The van der Waals surface area contributed by atoms with E-state index in [4.69, 9.17) is 40.1 Å². The largest absolute Gasteiger partial charge is 0.508 e. The number of fused-ring (bicyclic) bond motifs is 3. The molecule has 4 atom stereocenters. The summed E-state index contributed by atoms with van der Waals surface area (Å²) in [5, 5.41) is 72.2. The molecule has 0 radical (unpaired) electrons. The summed E-state index contributed by atoms with van der Waals surface area (Å²) in [5.74, 6) is -1.11. The van der Waals surface area contributed by atoms with Gasteiger partial charge in [-0.15, -0.1) is 0 Å². The highest BCUT2D eigenvalue weighted by molar-refractivity contribution is 7.92. The van der Waals surface area contributed by atoms with Gasteiger partial charge in [-0.2, -0.15) is 10.2 Å². The number of nitrogens with zero attached hydrogens (tertiary/aromatic N) is 4. The van der Waals surface area contributed by atoms with Gasteiger partial charge in [-0.25, -0.2) is 18.2 Å². The number of aliphatic hydroxyl groups excluding tert-OH is 3. The highest BCUT2D eigenvalue weighted by atomic mass is 32.2. The number of rotatable bonds is 19. The van der Waals surface area contributed by atoms with E-state index in [0.717, 1.165) is 92.2 Å². The molecule has 4 unspecified atom stereocenters. The van der Waals surface area contributed by atoms with Crippen LogP contribution in [0.4, 0.5) is 23.1 Å². The number of nitrogens with one attached hydrogen (secondary N) is 2. The van der Waals surface area contributed by atoms with Crippen LogP contribution in [-0.4, -0.2) is 146 Å². The topological polar surface area (TPSA) is 520 Å². The molecule has 11 N–H and O–H groups in total. The predicted molar refractivity (Wildman–Crippen MR) is 454 cm³/mol. The van der Waals surface area contributed by atoms with Crippen LogP contribution in [-0.2, 0) is 35.6 Å². The van der Waals surface area contributed by atoms with Crippen molar-refractivity contribution in [3.63, 3.8) is 0 Å². The number of aldehydes is 10. The van der Waals surface area contributed by atoms with Crippen molar-refractivity contribution in [3.05, 3.63) is 308 Å². The number of aromatic amines is 1. The van der Waals surface area contributed by atoms with Crippen molar-refractivity contribution < 1.29 is 106 Å². The summed E-state index contributed by atoms with van der Waals surface area (Å²) >= 11 is 0. The lowest BCUT2D eigenvalue weighted by molar-refractivity contribution is -0.115. The van der Waals surface area contributed by atoms with Crippen LogP contribution in [0.15, 0.2) is 277 Å². The molecule has 32 heteroatoms. The molecule has 2 aliphatic rings. The molecule has 0 bridgehead atoms. The van der Waals surface area contributed by atoms with Gasteiger partial charge >= 0.3 is 5.97 Å². The van der Waals surface area contributed by atoms with E-state index in [0.29, 0.717) is 82.2 Å². The number of azo groups is 1. The summed E-state index contributed by atoms with van der Waals surface area (Å²) in [6.07, 6.45) is 21.2. The summed E-state index contributed by atoms with van der Waals surface area (Å²) in [6, 6.07) is 57.7. The van der Waals surface area contributed by atoms with E-state index in [2.05, 4.69) is 24.9 Å². The van der Waals surface area contributed by atoms with E-state index in [1.807, 2.05) is 53.4 Å². The van der Waals surface area contributed by atoms with Gasteiger partial charge < -0.3 is 79.0 Å². The summed E-state index contributed by atoms with van der Waals surface area (Å²) in [4.78, 5) is 143. The molecule has 5 heterocycles. The van der Waals surface area contributed by atoms with E-state index in [1.54, 1.807) is 121 Å². The summed E-state index contributed by atoms with van der Waals surface area (Å²) in [7, 11) is -3.76. The Bertz CT molecular complexity index is 5900. The predicted octanol–water partition coefficient (Wildman–Crippen LogP) is 13.6. The lowest BCUT2D eigenvalue weighted by atomic mass is 9.88. The van der Waals surface area contributed by atoms with E-state index in [9.17, 15) is 81.0 Å². The Balaban J connectivity index is 0.000000216. The van der Waals surface area contributed by atoms with Gasteiger partial charge in [0.2, 0.25) is 16.7 Å². The highest BCUT2D eigenvalue weighted by Crippen LogP contribution is 2.28. The SMILES string of the molecule is Nc1oc2ccccc2c(=O)c1C=O.O=CC1CCCC1O.O=CC1CCCCC1O.O=CCCO.O=CCc1ccccc1O.O=Cc1c[nH]c2ccccc12.O=Cc1cc(-n2cccc2)ccc1O.O=Cc1ccc(N=Nc2ccc(S(=O)(=O)Nc3ccccn3)cc2)cc1O.O=Cc1ccccc1C(=O)O.O=Cc1coc2ccccc2c1=O. The number of anilines is 2. The van der Waals surface area contributed by atoms with Gasteiger partial charge in [-0.05, 0) is 147 Å². The van der Waals surface area contributed by atoms with E-state index < -0.39 is 16.0 Å².